The Morgan fingerprint density at radius 1 is 0.324 bits per heavy atom. The number of hydrogen-bond donors (Lipinski definition) is 0. The fourth-order valence-electron chi connectivity index (χ4n) is 11.2. The first-order chi connectivity index (χ1) is 34.3. The molecule has 0 amide bonds. The van der Waals surface area contributed by atoms with Crippen molar-refractivity contribution in [2.24, 2.45) is 0 Å². The third-order valence-electron chi connectivity index (χ3n) is 14.7. The van der Waals surface area contributed by atoms with Crippen LogP contribution in [0.25, 0.3) is 70.6 Å². The molecule has 5 heteroatoms. The summed E-state index contributed by atoms with van der Waals surface area (Å²) in [5.74, 6) is 0. The maximum Gasteiger partial charge on any atom is 0.0775 e. The van der Waals surface area contributed by atoms with E-state index in [9.17, 15) is 0 Å². The molecule has 0 saturated carbocycles. The van der Waals surface area contributed by atoms with Crippen molar-refractivity contribution in [3.63, 3.8) is 0 Å². The van der Waals surface area contributed by atoms with Gasteiger partial charge in [0.05, 0.1) is 44.2 Å². The van der Waals surface area contributed by atoms with Crippen molar-refractivity contribution >= 4 is 126 Å². The van der Waals surface area contributed by atoms with Gasteiger partial charge in [0.15, 0.2) is 0 Å². The van der Waals surface area contributed by atoms with E-state index in [4.69, 9.17) is 0 Å². The van der Waals surface area contributed by atoms with E-state index in [0.29, 0.717) is 0 Å². The lowest BCUT2D eigenvalue weighted by Crippen LogP contribution is -2.37. The molecule has 0 radical (unpaired) electrons. The van der Waals surface area contributed by atoms with Crippen LogP contribution in [-0.4, -0.2) is 20.7 Å². The highest BCUT2D eigenvalue weighted by atomic mass is 28.3. The number of aryl methyl sites for hydroxylation is 2. The molecule has 0 aliphatic rings. The number of anilines is 6. The Kier molecular flexibility index (Phi) is 10.7. The summed E-state index contributed by atoms with van der Waals surface area (Å²) >= 11 is 0. The van der Waals surface area contributed by atoms with Crippen molar-refractivity contribution in [3.05, 3.63) is 223 Å². The standard InChI is InChI=1S/C66H59N3Si2/c1-44-19-17-22-49(39-44)67(47-31-35-51(36-32-47)70(3,4)5)61-42-63-65(58-29-15-13-27-56(58)61)66-59-30-16-14-28-57(59)62(68(50-23-18-20-45(2)40-50)48-33-37-52(38-34-48)71(6,7)8)43-64(66)69(63)60-41-46-21-9-10-24-53(46)54-25-11-12-26-55(54)60/h9-43H,1-8H3. The molecule has 71 heavy (non-hydrogen) atoms. The minimum absolute atomic E-state index is 1.13. The highest BCUT2D eigenvalue weighted by Gasteiger charge is 2.28. The summed E-state index contributed by atoms with van der Waals surface area (Å²) in [5.41, 5.74) is 12.8. The monoisotopic (exact) mass is 949 g/mol. The zero-order chi connectivity index (χ0) is 48.8. The van der Waals surface area contributed by atoms with Crippen LogP contribution in [0, 0.1) is 13.8 Å². The predicted molar refractivity (Wildman–Crippen MR) is 316 cm³/mol. The van der Waals surface area contributed by atoms with Gasteiger partial charge in [0.25, 0.3) is 0 Å². The first-order valence-corrected chi connectivity index (χ1v) is 32.1. The fraction of sp³-hybridized carbons (Fsp3) is 0.121. The normalized spacial score (nSPS) is 12.2. The van der Waals surface area contributed by atoms with Gasteiger partial charge in [0.2, 0.25) is 0 Å². The van der Waals surface area contributed by atoms with Crippen molar-refractivity contribution in [3.8, 4) is 5.69 Å². The summed E-state index contributed by atoms with van der Waals surface area (Å²) < 4.78 is 2.61. The molecule has 1 heterocycles. The molecule has 1 aromatic heterocycles. The van der Waals surface area contributed by atoms with Crippen molar-refractivity contribution in [1.82, 2.24) is 4.57 Å². The molecule has 0 fully saturated rings. The highest BCUT2D eigenvalue weighted by molar-refractivity contribution is 6.89. The number of nitrogens with zero attached hydrogens (tertiary/aromatic N) is 3. The third kappa shape index (κ3) is 7.63. The van der Waals surface area contributed by atoms with Crippen molar-refractivity contribution in [2.45, 2.75) is 53.1 Å². The van der Waals surface area contributed by atoms with Gasteiger partial charge in [-0.05, 0) is 119 Å². The maximum absolute atomic E-state index is 2.61. The minimum atomic E-state index is -1.56. The molecular formula is C66H59N3Si2. The van der Waals surface area contributed by atoms with Gasteiger partial charge in [-0.25, -0.2) is 0 Å². The van der Waals surface area contributed by atoms with E-state index in [-0.39, 0.29) is 0 Å². The van der Waals surface area contributed by atoms with Gasteiger partial charge in [-0.15, -0.1) is 0 Å². The topological polar surface area (TPSA) is 11.4 Å². The van der Waals surface area contributed by atoms with E-state index in [1.165, 1.54) is 75.4 Å². The van der Waals surface area contributed by atoms with Crippen LogP contribution in [0.15, 0.2) is 212 Å². The van der Waals surface area contributed by atoms with Crippen molar-refractivity contribution in [2.75, 3.05) is 9.80 Å². The Balaban J connectivity index is 1.27. The van der Waals surface area contributed by atoms with E-state index >= 15 is 0 Å². The molecule has 0 aliphatic carbocycles. The Morgan fingerprint density at radius 3 is 1.15 bits per heavy atom. The van der Waals surface area contributed by atoms with Crippen LogP contribution in [0.3, 0.4) is 0 Å². The molecule has 12 rings (SSSR count). The highest BCUT2D eigenvalue weighted by Crippen LogP contribution is 2.51. The second-order valence-electron chi connectivity index (χ2n) is 21.6. The molecule has 12 aromatic rings. The maximum atomic E-state index is 2.61. The van der Waals surface area contributed by atoms with Crippen molar-refractivity contribution in [1.29, 1.82) is 0 Å². The summed E-state index contributed by atoms with van der Waals surface area (Å²) in [6.45, 7) is 19.0. The molecule has 0 spiro atoms. The summed E-state index contributed by atoms with van der Waals surface area (Å²) in [7, 11) is -3.12. The van der Waals surface area contributed by atoms with E-state index in [1.54, 1.807) is 0 Å². The number of hydrogen-bond acceptors (Lipinski definition) is 2. The van der Waals surface area contributed by atoms with Crippen LogP contribution in [-0.2, 0) is 0 Å². The molecule has 0 unspecified atom stereocenters. The first kappa shape index (κ1) is 44.5. The first-order valence-electron chi connectivity index (χ1n) is 25.1. The summed E-state index contributed by atoms with van der Waals surface area (Å²) in [6, 6.07) is 80.4. The average molecular weight is 950 g/mol. The SMILES string of the molecule is Cc1cccc(N(c2ccc([Si](C)(C)C)cc2)c2cc3c(c4ccccc24)c2c4ccccc4c(N(c4ccc([Si](C)(C)C)cc4)c4cccc(C)c4)cc2n3-c2cc3ccccc3c3ccccc23)c1. The van der Waals surface area contributed by atoms with Gasteiger partial charge in [-0.1, -0.05) is 195 Å². The lowest BCUT2D eigenvalue weighted by molar-refractivity contribution is 1.20. The largest absolute Gasteiger partial charge is 0.310 e. The second kappa shape index (κ2) is 17.0. The molecule has 0 saturated heterocycles. The number of aromatic nitrogens is 1. The van der Waals surface area contributed by atoms with Crippen LogP contribution >= 0.6 is 0 Å². The lowest BCUT2D eigenvalue weighted by atomic mass is 9.96. The summed E-state index contributed by atoms with van der Waals surface area (Å²) in [6.07, 6.45) is 0. The lowest BCUT2D eigenvalue weighted by Gasteiger charge is -2.28. The van der Waals surface area contributed by atoms with Crippen LogP contribution in [0.5, 0.6) is 0 Å². The van der Waals surface area contributed by atoms with Crippen LogP contribution in [0.1, 0.15) is 11.1 Å². The molecule has 0 atom stereocenters. The van der Waals surface area contributed by atoms with Gasteiger partial charge >= 0.3 is 0 Å². The van der Waals surface area contributed by atoms with Gasteiger partial charge in [-0.2, -0.15) is 0 Å². The Bertz CT molecular complexity index is 3840. The fourth-order valence-corrected chi connectivity index (χ4v) is 13.5. The van der Waals surface area contributed by atoms with Gasteiger partial charge in [0.1, 0.15) is 0 Å². The zero-order valence-corrected chi connectivity index (χ0v) is 44.0. The number of rotatable bonds is 9. The summed E-state index contributed by atoms with van der Waals surface area (Å²) in [5, 5.41) is 15.2. The van der Waals surface area contributed by atoms with Crippen LogP contribution < -0.4 is 20.2 Å². The Labute approximate surface area is 419 Å². The van der Waals surface area contributed by atoms with Crippen LogP contribution in [0.2, 0.25) is 39.3 Å². The van der Waals surface area contributed by atoms with E-state index < -0.39 is 16.1 Å². The molecule has 346 valence electrons. The molecule has 0 N–H and O–H groups in total. The smallest absolute Gasteiger partial charge is 0.0775 e. The predicted octanol–water partition coefficient (Wildman–Crippen LogP) is 18.0. The minimum Gasteiger partial charge on any atom is -0.310 e. The Morgan fingerprint density at radius 2 is 0.718 bits per heavy atom. The Hall–Kier alpha value is -7.71. The number of fused-ring (bicyclic) bond motifs is 10. The molecular weight excluding hydrogens is 891 g/mol. The third-order valence-corrected chi connectivity index (χ3v) is 18.8. The van der Waals surface area contributed by atoms with Crippen LogP contribution in [0.4, 0.5) is 34.1 Å². The average Bonchev–Trinajstić information content (AvgIpc) is 3.70. The zero-order valence-electron chi connectivity index (χ0n) is 42.0. The quantitative estimate of drug-likeness (QED) is 0.106. The van der Waals surface area contributed by atoms with E-state index in [0.717, 1.165) is 50.8 Å². The molecule has 3 nitrogen and oxygen atoms in total. The van der Waals surface area contributed by atoms with Crippen molar-refractivity contribution < 1.29 is 0 Å². The van der Waals surface area contributed by atoms with Gasteiger partial charge < -0.3 is 14.4 Å². The van der Waals surface area contributed by atoms with Gasteiger partial charge in [0, 0.05) is 49.7 Å². The van der Waals surface area contributed by atoms with E-state index in [1.807, 2.05) is 0 Å². The summed E-state index contributed by atoms with van der Waals surface area (Å²) in [4.78, 5) is 4.99. The molecule has 0 aliphatic heterocycles. The number of benzene rings is 11. The second-order valence-corrected chi connectivity index (χ2v) is 31.8. The van der Waals surface area contributed by atoms with E-state index in [2.05, 4.69) is 280 Å². The van der Waals surface area contributed by atoms with Gasteiger partial charge in [-0.3, -0.25) is 0 Å². The molecule has 11 aromatic carbocycles. The molecule has 0 bridgehead atoms.